The molecule has 0 saturated carbocycles. The van der Waals surface area contributed by atoms with E-state index in [0.717, 1.165) is 10.8 Å². The highest BCUT2D eigenvalue weighted by atomic mass is 79.9. The van der Waals surface area contributed by atoms with E-state index in [1.165, 1.54) is 23.9 Å². The number of hydrazone groups is 1. The van der Waals surface area contributed by atoms with Crippen LogP contribution < -0.4 is 18.9 Å². The number of ether oxygens (including phenoxy) is 4. The van der Waals surface area contributed by atoms with Crippen molar-refractivity contribution in [2.45, 2.75) is 6.92 Å². The molecule has 0 radical (unpaired) electrons. The van der Waals surface area contributed by atoms with E-state index in [-0.39, 0.29) is 18.0 Å². The molecule has 4 rings (SSSR count). The Labute approximate surface area is 209 Å². The van der Waals surface area contributed by atoms with Gasteiger partial charge in [0.1, 0.15) is 24.7 Å². The molecule has 0 saturated heterocycles. The predicted octanol–water partition coefficient (Wildman–Crippen LogP) is 4.56. The molecule has 2 aliphatic rings. The summed E-state index contributed by atoms with van der Waals surface area (Å²) in [5, 5.41) is 15.1. The number of amidine groups is 2. The highest BCUT2D eigenvalue weighted by Gasteiger charge is 2.34. The molecule has 34 heavy (non-hydrogen) atoms. The molecule has 11 heteroatoms. The van der Waals surface area contributed by atoms with Gasteiger partial charge in [0.05, 0.1) is 29.3 Å². The van der Waals surface area contributed by atoms with Crippen molar-refractivity contribution in [2.75, 3.05) is 27.4 Å². The predicted molar refractivity (Wildman–Crippen MR) is 135 cm³/mol. The van der Waals surface area contributed by atoms with Crippen molar-refractivity contribution in [1.29, 1.82) is 5.41 Å². The van der Waals surface area contributed by atoms with Gasteiger partial charge in [0, 0.05) is 0 Å². The summed E-state index contributed by atoms with van der Waals surface area (Å²) >= 11 is 4.77. The van der Waals surface area contributed by atoms with E-state index in [9.17, 15) is 4.79 Å². The number of carbonyl (C=O) groups is 1. The van der Waals surface area contributed by atoms with Gasteiger partial charge < -0.3 is 18.9 Å². The molecule has 0 aliphatic carbocycles. The maximum absolute atomic E-state index is 12.5. The number of carbonyl (C=O) groups excluding carboxylic acids is 1. The molecule has 0 atom stereocenters. The molecule has 2 aliphatic heterocycles. The van der Waals surface area contributed by atoms with Crippen LogP contribution >= 0.6 is 27.7 Å². The number of amides is 1. The lowest BCUT2D eigenvalue weighted by atomic mass is 10.1. The number of hydrogen-bond acceptors (Lipinski definition) is 8. The van der Waals surface area contributed by atoms with Crippen molar-refractivity contribution in [3.8, 4) is 23.0 Å². The van der Waals surface area contributed by atoms with Crippen LogP contribution in [0.3, 0.4) is 0 Å². The largest absolute Gasteiger partial charge is 0.497 e. The van der Waals surface area contributed by atoms with Crippen molar-refractivity contribution >= 4 is 55.7 Å². The van der Waals surface area contributed by atoms with Gasteiger partial charge in [-0.2, -0.15) is 15.1 Å². The quantitative estimate of drug-likeness (QED) is 0.383. The summed E-state index contributed by atoms with van der Waals surface area (Å²) in [4.78, 5) is 16.6. The van der Waals surface area contributed by atoms with Crippen molar-refractivity contribution < 1.29 is 23.7 Å². The number of nitrogens with zero attached hydrogens (tertiary/aromatic N) is 3. The van der Waals surface area contributed by atoms with Crippen LogP contribution in [0.1, 0.15) is 12.5 Å². The SMILES string of the molecule is COc1ccc(OCCOc2c(Br)cc(/C=C3/C(=N)N4N=C(C)SC4=NC3=O)cc2OC)cc1. The van der Waals surface area contributed by atoms with Gasteiger partial charge >= 0.3 is 0 Å². The Morgan fingerprint density at radius 2 is 1.79 bits per heavy atom. The minimum Gasteiger partial charge on any atom is -0.497 e. The molecular formula is C23H21BrN4O5S. The highest BCUT2D eigenvalue weighted by Crippen LogP contribution is 2.38. The zero-order valence-electron chi connectivity index (χ0n) is 18.6. The molecule has 0 spiro atoms. The summed E-state index contributed by atoms with van der Waals surface area (Å²) in [6.07, 6.45) is 1.59. The smallest absolute Gasteiger partial charge is 0.283 e. The first-order valence-corrected chi connectivity index (χ1v) is 11.7. The van der Waals surface area contributed by atoms with Gasteiger partial charge in [0.2, 0.25) is 5.17 Å². The molecule has 2 heterocycles. The molecule has 0 fully saturated rings. The van der Waals surface area contributed by atoms with Crippen LogP contribution in [0.25, 0.3) is 6.08 Å². The third kappa shape index (κ3) is 5.10. The number of benzene rings is 2. The van der Waals surface area contributed by atoms with Crippen LogP contribution in [0.4, 0.5) is 0 Å². The lowest BCUT2D eigenvalue weighted by Gasteiger charge is -2.20. The average molecular weight is 545 g/mol. The first-order chi connectivity index (χ1) is 16.4. The topological polar surface area (TPSA) is 106 Å². The summed E-state index contributed by atoms with van der Waals surface area (Å²) in [5.41, 5.74) is 0.781. The molecule has 1 N–H and O–H groups in total. The molecule has 0 unspecified atom stereocenters. The highest BCUT2D eigenvalue weighted by molar-refractivity contribution is 9.10. The fraction of sp³-hybridized carbons (Fsp3) is 0.217. The van der Waals surface area contributed by atoms with E-state index in [2.05, 4.69) is 26.0 Å². The number of rotatable bonds is 8. The molecule has 0 aromatic heterocycles. The Morgan fingerprint density at radius 1 is 1.09 bits per heavy atom. The molecule has 0 bridgehead atoms. The minimum atomic E-state index is -0.486. The van der Waals surface area contributed by atoms with E-state index in [4.69, 9.17) is 24.4 Å². The lowest BCUT2D eigenvalue weighted by Crippen LogP contribution is -2.35. The molecular weight excluding hydrogens is 524 g/mol. The molecule has 9 nitrogen and oxygen atoms in total. The normalized spacial score (nSPS) is 16.2. The van der Waals surface area contributed by atoms with Crippen LogP contribution in [0.15, 0.2) is 56.5 Å². The Morgan fingerprint density at radius 3 is 2.50 bits per heavy atom. The molecule has 2 aromatic carbocycles. The summed E-state index contributed by atoms with van der Waals surface area (Å²) < 4.78 is 22.8. The van der Waals surface area contributed by atoms with Crippen molar-refractivity contribution in [3.05, 3.63) is 52.0 Å². The zero-order chi connectivity index (χ0) is 24.2. The van der Waals surface area contributed by atoms with E-state index >= 15 is 0 Å². The van der Waals surface area contributed by atoms with Gasteiger partial charge in [-0.15, -0.1) is 0 Å². The zero-order valence-corrected chi connectivity index (χ0v) is 21.0. The van der Waals surface area contributed by atoms with Crippen molar-refractivity contribution in [3.63, 3.8) is 0 Å². The lowest BCUT2D eigenvalue weighted by molar-refractivity contribution is -0.114. The van der Waals surface area contributed by atoms with Gasteiger partial charge in [-0.25, -0.2) is 0 Å². The first-order valence-electron chi connectivity index (χ1n) is 10.1. The fourth-order valence-corrected chi connectivity index (χ4v) is 4.50. The van der Waals surface area contributed by atoms with Crippen LogP contribution in [0.2, 0.25) is 0 Å². The van der Waals surface area contributed by atoms with Gasteiger partial charge in [-0.3, -0.25) is 10.2 Å². The summed E-state index contributed by atoms with van der Waals surface area (Å²) in [7, 11) is 3.14. The van der Waals surface area contributed by atoms with Gasteiger partial charge in [0.15, 0.2) is 17.3 Å². The first kappa shape index (κ1) is 23.8. The van der Waals surface area contributed by atoms with Crippen molar-refractivity contribution in [2.24, 2.45) is 10.1 Å². The third-order valence-corrected chi connectivity index (χ3v) is 6.19. The summed E-state index contributed by atoms with van der Waals surface area (Å²) in [6.45, 7) is 2.41. The maximum atomic E-state index is 12.5. The van der Waals surface area contributed by atoms with E-state index < -0.39 is 5.91 Å². The standard InChI is InChI=1S/C23H21BrN4O5S/c1-13-27-28-21(25)17(22(29)26-23(28)34-13)10-14-11-18(24)20(19(12-14)31-3)33-9-8-32-16-6-4-15(30-2)5-7-16/h4-7,10-12,25H,8-9H2,1-3H3/b17-10-,25-21?. The Balaban J connectivity index is 1.46. The van der Waals surface area contributed by atoms with Gasteiger partial charge in [-0.1, -0.05) is 0 Å². The Kier molecular flexibility index (Phi) is 7.23. The number of fused-ring (bicyclic) bond motifs is 1. The number of nitrogens with one attached hydrogen (secondary N) is 1. The molecule has 2 aromatic rings. The molecule has 1 amide bonds. The number of methoxy groups -OCH3 is 2. The van der Waals surface area contributed by atoms with Crippen LogP contribution in [-0.4, -0.2) is 54.4 Å². The minimum absolute atomic E-state index is 0.0227. The third-order valence-electron chi connectivity index (χ3n) is 4.78. The second-order valence-corrected chi connectivity index (χ2v) is 9.06. The Bertz CT molecular complexity index is 1230. The van der Waals surface area contributed by atoms with Gasteiger partial charge in [-0.05, 0) is 82.7 Å². The number of aliphatic imine (C=N–C) groups is 1. The van der Waals surface area contributed by atoms with E-state index in [1.807, 2.05) is 24.3 Å². The maximum Gasteiger partial charge on any atom is 0.283 e. The average Bonchev–Trinajstić information content (AvgIpc) is 3.20. The second-order valence-electron chi connectivity index (χ2n) is 7.05. The number of thioether (sulfide) groups is 1. The van der Waals surface area contributed by atoms with Gasteiger partial charge in [0.25, 0.3) is 5.91 Å². The number of halogens is 1. The Hall–Kier alpha value is -3.31. The number of hydrogen-bond donors (Lipinski definition) is 1. The fourth-order valence-electron chi connectivity index (χ4n) is 3.19. The second kappa shape index (κ2) is 10.3. The van der Waals surface area contributed by atoms with Crippen LogP contribution in [0.5, 0.6) is 23.0 Å². The van der Waals surface area contributed by atoms with E-state index in [1.54, 1.807) is 32.2 Å². The van der Waals surface area contributed by atoms with E-state index in [0.29, 0.717) is 39.1 Å². The monoisotopic (exact) mass is 544 g/mol. The van der Waals surface area contributed by atoms with Crippen molar-refractivity contribution in [1.82, 2.24) is 5.01 Å². The molecule has 176 valence electrons. The van der Waals surface area contributed by atoms with Crippen LogP contribution in [0, 0.1) is 5.41 Å². The summed E-state index contributed by atoms with van der Waals surface area (Å²) in [5.74, 6) is 1.93. The van der Waals surface area contributed by atoms with Crippen LogP contribution in [-0.2, 0) is 4.79 Å². The summed E-state index contributed by atoms with van der Waals surface area (Å²) in [6, 6.07) is 10.8.